The average Bonchev–Trinajstić information content (AvgIpc) is 3.28. The van der Waals surface area contributed by atoms with Crippen molar-refractivity contribution >= 4 is 16.8 Å². The van der Waals surface area contributed by atoms with Gasteiger partial charge in [-0.3, -0.25) is 9.48 Å². The van der Waals surface area contributed by atoms with Gasteiger partial charge in [0.05, 0.1) is 24.9 Å². The molecule has 7 nitrogen and oxygen atoms in total. The van der Waals surface area contributed by atoms with E-state index in [2.05, 4.69) is 15.0 Å². The summed E-state index contributed by atoms with van der Waals surface area (Å²) in [5.74, 6) is 0.0207. The molecule has 2 atom stereocenters. The Kier molecular flexibility index (Phi) is 4.72. The molecule has 0 radical (unpaired) electrons. The van der Waals surface area contributed by atoms with Crippen molar-refractivity contribution in [1.82, 2.24) is 24.6 Å². The summed E-state index contributed by atoms with van der Waals surface area (Å²) >= 11 is 0. The molecule has 7 heteroatoms. The number of hydrogen-bond acceptors (Lipinski definition) is 4. The Hall–Kier alpha value is -2.64. The molecule has 27 heavy (non-hydrogen) atoms. The molecule has 0 aliphatic carbocycles. The fraction of sp³-hybridized carbons (Fsp3) is 0.400. The van der Waals surface area contributed by atoms with Crippen LogP contribution in [0.1, 0.15) is 22.0 Å². The average molecular weight is 367 g/mol. The van der Waals surface area contributed by atoms with Gasteiger partial charge in [0.15, 0.2) is 0 Å². The van der Waals surface area contributed by atoms with Gasteiger partial charge in [0, 0.05) is 49.2 Å². The van der Waals surface area contributed by atoms with Crippen LogP contribution < -0.4 is 0 Å². The third kappa shape index (κ3) is 3.48. The fourth-order valence-corrected chi connectivity index (χ4v) is 3.81. The van der Waals surface area contributed by atoms with Gasteiger partial charge in [-0.25, -0.2) is 0 Å². The molecule has 1 aliphatic heterocycles. The number of likely N-dealkylation sites (N-methyl/N-ethyl adjacent to an activating group) is 1. The number of benzene rings is 1. The molecule has 1 N–H and O–H groups in total. The lowest BCUT2D eigenvalue weighted by atomic mass is 9.99. The molecule has 1 aromatic carbocycles. The molecule has 142 valence electrons. The van der Waals surface area contributed by atoms with Gasteiger partial charge in [0.1, 0.15) is 0 Å². The second-order valence-electron chi connectivity index (χ2n) is 7.34. The molecule has 1 saturated heterocycles. The number of aryl methyl sites for hydroxylation is 1. The molecule has 2 aromatic heterocycles. The zero-order valence-electron chi connectivity index (χ0n) is 15.9. The highest BCUT2D eigenvalue weighted by atomic mass is 16.5. The molecule has 0 unspecified atom stereocenters. The van der Waals surface area contributed by atoms with E-state index >= 15 is 0 Å². The van der Waals surface area contributed by atoms with Crippen LogP contribution in [-0.4, -0.2) is 70.4 Å². The first-order valence-corrected chi connectivity index (χ1v) is 9.16. The van der Waals surface area contributed by atoms with Crippen molar-refractivity contribution in [2.75, 3.05) is 33.8 Å². The molecule has 0 spiro atoms. The third-order valence-corrected chi connectivity index (χ3v) is 5.03. The number of hydrogen-bond donors (Lipinski definition) is 1. The number of carbonyl (C=O) groups excluding carboxylic acids is 1. The van der Waals surface area contributed by atoms with Gasteiger partial charge in [-0.05, 0) is 37.7 Å². The largest absolute Gasteiger partial charge is 0.373 e. The van der Waals surface area contributed by atoms with Crippen molar-refractivity contribution in [1.29, 1.82) is 0 Å². The lowest BCUT2D eigenvalue weighted by Crippen LogP contribution is -2.51. The highest BCUT2D eigenvalue weighted by Crippen LogP contribution is 2.31. The third-order valence-electron chi connectivity index (χ3n) is 5.03. The molecule has 1 fully saturated rings. The minimum Gasteiger partial charge on any atom is -0.373 e. The minimum absolute atomic E-state index is 0.0207. The molecule has 4 rings (SSSR count). The number of morpholine rings is 1. The van der Waals surface area contributed by atoms with Crippen molar-refractivity contribution in [2.24, 2.45) is 7.05 Å². The first-order valence-electron chi connectivity index (χ1n) is 9.16. The van der Waals surface area contributed by atoms with Crippen LogP contribution in [-0.2, 0) is 11.8 Å². The van der Waals surface area contributed by atoms with E-state index in [-0.39, 0.29) is 18.1 Å². The number of ether oxygens (including phenoxy) is 1. The highest BCUT2D eigenvalue weighted by molar-refractivity contribution is 5.98. The van der Waals surface area contributed by atoms with Crippen LogP contribution in [0.4, 0.5) is 0 Å². The SMILES string of the molecule is CN(C)C[C@@H]1OCCN(C(=O)c2ccc3cc[nH]c3c2)[C@H]1c1cnn(C)c1. The van der Waals surface area contributed by atoms with Crippen molar-refractivity contribution in [2.45, 2.75) is 12.1 Å². The summed E-state index contributed by atoms with van der Waals surface area (Å²) in [4.78, 5) is 20.6. The number of nitrogens with zero attached hydrogens (tertiary/aromatic N) is 4. The number of amides is 1. The Morgan fingerprint density at radius 3 is 2.96 bits per heavy atom. The van der Waals surface area contributed by atoms with Gasteiger partial charge < -0.3 is 19.5 Å². The predicted octanol–water partition coefficient (Wildman–Crippen LogP) is 2.05. The normalized spacial score (nSPS) is 20.5. The topological polar surface area (TPSA) is 66.4 Å². The fourth-order valence-electron chi connectivity index (χ4n) is 3.81. The van der Waals surface area contributed by atoms with Gasteiger partial charge in [0.2, 0.25) is 0 Å². The summed E-state index contributed by atoms with van der Waals surface area (Å²) in [5, 5.41) is 5.41. The minimum atomic E-state index is -0.165. The van der Waals surface area contributed by atoms with E-state index in [0.29, 0.717) is 18.7 Å². The molecule has 3 heterocycles. The summed E-state index contributed by atoms with van der Waals surface area (Å²) in [5.41, 5.74) is 2.65. The van der Waals surface area contributed by atoms with Gasteiger partial charge in [-0.1, -0.05) is 6.07 Å². The van der Waals surface area contributed by atoms with Crippen molar-refractivity contribution in [3.8, 4) is 0 Å². The first kappa shape index (κ1) is 17.8. The maximum Gasteiger partial charge on any atom is 0.254 e. The molecular weight excluding hydrogens is 342 g/mol. The highest BCUT2D eigenvalue weighted by Gasteiger charge is 2.37. The van der Waals surface area contributed by atoms with Crippen molar-refractivity contribution in [3.63, 3.8) is 0 Å². The summed E-state index contributed by atoms with van der Waals surface area (Å²) in [6, 6.07) is 7.64. The standard InChI is InChI=1S/C20H25N5O2/c1-23(2)13-18-19(16-11-22-24(3)12-16)25(8-9-27-18)20(26)15-5-4-14-6-7-21-17(14)10-15/h4-7,10-12,18-19,21H,8-9,13H2,1-3H3/t18-,19-/m0/s1. The molecule has 0 saturated carbocycles. The van der Waals surface area contributed by atoms with E-state index in [4.69, 9.17) is 4.74 Å². The quantitative estimate of drug-likeness (QED) is 0.766. The molecule has 1 amide bonds. The summed E-state index contributed by atoms with van der Waals surface area (Å²) in [6.45, 7) is 1.83. The van der Waals surface area contributed by atoms with E-state index in [0.717, 1.165) is 23.0 Å². The van der Waals surface area contributed by atoms with Crippen LogP contribution >= 0.6 is 0 Å². The van der Waals surface area contributed by atoms with E-state index in [1.54, 1.807) is 4.68 Å². The van der Waals surface area contributed by atoms with E-state index in [1.165, 1.54) is 0 Å². The Bertz CT molecular complexity index is 945. The molecule has 3 aromatic rings. The van der Waals surface area contributed by atoms with Crippen LogP contribution in [0.2, 0.25) is 0 Å². The summed E-state index contributed by atoms with van der Waals surface area (Å²) in [7, 11) is 5.92. The van der Waals surface area contributed by atoms with Crippen LogP contribution in [0.5, 0.6) is 0 Å². The first-order chi connectivity index (χ1) is 13.0. The monoisotopic (exact) mass is 367 g/mol. The van der Waals surface area contributed by atoms with E-state index in [1.807, 2.05) is 68.9 Å². The van der Waals surface area contributed by atoms with Crippen LogP contribution in [0.15, 0.2) is 42.9 Å². The Morgan fingerprint density at radius 2 is 2.22 bits per heavy atom. The Labute approximate surface area is 158 Å². The lowest BCUT2D eigenvalue weighted by Gasteiger charge is -2.41. The maximum atomic E-state index is 13.4. The van der Waals surface area contributed by atoms with Crippen molar-refractivity contribution < 1.29 is 9.53 Å². The zero-order chi connectivity index (χ0) is 19.0. The summed E-state index contributed by atoms with van der Waals surface area (Å²) < 4.78 is 7.83. The number of nitrogens with one attached hydrogen (secondary N) is 1. The maximum absolute atomic E-state index is 13.4. The second-order valence-corrected chi connectivity index (χ2v) is 7.34. The predicted molar refractivity (Wildman–Crippen MR) is 104 cm³/mol. The van der Waals surface area contributed by atoms with Crippen molar-refractivity contribution in [3.05, 3.63) is 54.0 Å². The Morgan fingerprint density at radius 1 is 1.37 bits per heavy atom. The van der Waals surface area contributed by atoms with Gasteiger partial charge in [-0.15, -0.1) is 0 Å². The molecule has 1 aliphatic rings. The Balaban J connectivity index is 1.69. The molecular formula is C20H25N5O2. The van der Waals surface area contributed by atoms with Gasteiger partial charge >= 0.3 is 0 Å². The lowest BCUT2D eigenvalue weighted by molar-refractivity contribution is -0.0684. The number of rotatable bonds is 4. The molecule has 0 bridgehead atoms. The van der Waals surface area contributed by atoms with Gasteiger partial charge in [-0.2, -0.15) is 5.10 Å². The number of H-pyrrole nitrogens is 1. The van der Waals surface area contributed by atoms with Gasteiger partial charge in [0.25, 0.3) is 5.91 Å². The smallest absolute Gasteiger partial charge is 0.254 e. The number of aromatic amines is 1. The zero-order valence-corrected chi connectivity index (χ0v) is 15.9. The van der Waals surface area contributed by atoms with Crippen LogP contribution in [0, 0.1) is 0 Å². The van der Waals surface area contributed by atoms with E-state index < -0.39 is 0 Å². The van der Waals surface area contributed by atoms with Crippen LogP contribution in [0.25, 0.3) is 10.9 Å². The van der Waals surface area contributed by atoms with E-state index in [9.17, 15) is 4.79 Å². The van der Waals surface area contributed by atoms with Crippen LogP contribution in [0.3, 0.4) is 0 Å². The number of aromatic nitrogens is 3. The summed E-state index contributed by atoms with van der Waals surface area (Å²) in [6.07, 6.45) is 5.59. The number of fused-ring (bicyclic) bond motifs is 1. The number of carbonyl (C=O) groups is 1. The second kappa shape index (κ2) is 7.17.